The fourth-order valence-electron chi connectivity index (χ4n) is 1.39. The highest BCUT2D eigenvalue weighted by Gasteiger charge is 2.08. The number of aromatic nitrogens is 2. The van der Waals surface area contributed by atoms with Gasteiger partial charge in [0, 0.05) is 18.5 Å². The van der Waals surface area contributed by atoms with Crippen molar-refractivity contribution in [3.05, 3.63) is 48.5 Å². The monoisotopic (exact) mass is 231 g/mol. The molecule has 0 spiro atoms. The van der Waals surface area contributed by atoms with Gasteiger partial charge in [0.15, 0.2) is 0 Å². The largest absolute Gasteiger partial charge is 0.465 e. The van der Waals surface area contributed by atoms with Crippen molar-refractivity contribution in [2.24, 2.45) is 0 Å². The van der Waals surface area contributed by atoms with Gasteiger partial charge in [0.05, 0.1) is 12.3 Å². The van der Waals surface area contributed by atoms with Gasteiger partial charge < -0.3 is 14.7 Å². The molecule has 2 aromatic rings. The number of imidazole rings is 1. The predicted molar refractivity (Wildman–Crippen MR) is 62.9 cm³/mol. The molecule has 5 nitrogen and oxygen atoms in total. The zero-order valence-corrected chi connectivity index (χ0v) is 9.38. The van der Waals surface area contributed by atoms with Gasteiger partial charge in [-0.1, -0.05) is 0 Å². The van der Waals surface area contributed by atoms with Gasteiger partial charge >= 0.3 is 0 Å². The second-order valence-corrected chi connectivity index (χ2v) is 3.55. The first kappa shape index (κ1) is 11.2. The minimum absolute atomic E-state index is 0.154. The molecule has 17 heavy (non-hydrogen) atoms. The second-order valence-electron chi connectivity index (χ2n) is 3.55. The Hall–Kier alpha value is -2.30. The van der Waals surface area contributed by atoms with Gasteiger partial charge in [0.2, 0.25) is 5.91 Å². The van der Waals surface area contributed by atoms with E-state index in [1.165, 1.54) is 6.08 Å². The number of nitrogens with zero attached hydrogens (tertiary/aromatic N) is 1. The highest BCUT2D eigenvalue weighted by molar-refractivity contribution is 5.91. The number of rotatable bonds is 4. The summed E-state index contributed by atoms with van der Waals surface area (Å²) < 4.78 is 5.08. The standard InChI is InChI=1S/C12H13N3O2/c1-9(12-13-6-7-14-12)15-11(16)5-4-10-3-2-8-17-10/h2-9H,1H3,(H,13,14)(H,15,16)/b5-4+. The third kappa shape index (κ3) is 3.07. The van der Waals surface area contributed by atoms with Crippen LogP contribution in [0.2, 0.25) is 0 Å². The lowest BCUT2D eigenvalue weighted by Crippen LogP contribution is -2.25. The molecular weight excluding hydrogens is 218 g/mol. The van der Waals surface area contributed by atoms with Gasteiger partial charge in [-0.25, -0.2) is 4.98 Å². The van der Waals surface area contributed by atoms with Gasteiger partial charge in [-0.3, -0.25) is 4.79 Å². The van der Waals surface area contributed by atoms with Crippen LogP contribution in [0.25, 0.3) is 6.08 Å². The van der Waals surface area contributed by atoms with E-state index in [9.17, 15) is 4.79 Å². The van der Waals surface area contributed by atoms with Crippen molar-refractivity contribution in [1.29, 1.82) is 0 Å². The van der Waals surface area contributed by atoms with Crippen LogP contribution in [0.15, 0.2) is 41.3 Å². The molecule has 0 saturated heterocycles. The van der Waals surface area contributed by atoms with Crippen molar-refractivity contribution in [3.8, 4) is 0 Å². The molecule has 0 fully saturated rings. The van der Waals surface area contributed by atoms with Gasteiger partial charge in [0.25, 0.3) is 0 Å². The van der Waals surface area contributed by atoms with E-state index in [-0.39, 0.29) is 11.9 Å². The lowest BCUT2D eigenvalue weighted by Gasteiger charge is -2.08. The zero-order valence-electron chi connectivity index (χ0n) is 9.38. The van der Waals surface area contributed by atoms with Crippen molar-refractivity contribution in [1.82, 2.24) is 15.3 Å². The van der Waals surface area contributed by atoms with E-state index >= 15 is 0 Å². The molecule has 1 atom stereocenters. The van der Waals surface area contributed by atoms with E-state index in [4.69, 9.17) is 4.42 Å². The molecule has 5 heteroatoms. The SMILES string of the molecule is CC(NC(=O)/C=C/c1ccco1)c1ncc[nH]1. The molecular formula is C12H13N3O2. The molecule has 1 amide bonds. The van der Waals surface area contributed by atoms with Crippen LogP contribution in [0.1, 0.15) is 24.6 Å². The summed E-state index contributed by atoms with van der Waals surface area (Å²) >= 11 is 0. The Morgan fingerprint density at radius 2 is 2.53 bits per heavy atom. The highest BCUT2D eigenvalue weighted by atomic mass is 16.3. The Morgan fingerprint density at radius 1 is 1.65 bits per heavy atom. The molecule has 0 bridgehead atoms. The van der Waals surface area contributed by atoms with Gasteiger partial charge in [-0.15, -0.1) is 0 Å². The summed E-state index contributed by atoms with van der Waals surface area (Å²) in [6.07, 6.45) is 7.97. The molecule has 2 rings (SSSR count). The van der Waals surface area contributed by atoms with E-state index in [1.807, 2.05) is 6.92 Å². The number of hydrogen-bond acceptors (Lipinski definition) is 3. The Morgan fingerprint density at radius 3 is 3.18 bits per heavy atom. The topological polar surface area (TPSA) is 70.9 Å². The summed E-state index contributed by atoms with van der Waals surface area (Å²) in [6.45, 7) is 1.86. The van der Waals surface area contributed by atoms with Gasteiger partial charge in [-0.2, -0.15) is 0 Å². The number of aromatic amines is 1. The second kappa shape index (κ2) is 5.16. The van der Waals surface area contributed by atoms with Crippen LogP contribution in [0.4, 0.5) is 0 Å². The van der Waals surface area contributed by atoms with Crippen molar-refractivity contribution in [3.63, 3.8) is 0 Å². The lowest BCUT2D eigenvalue weighted by molar-refractivity contribution is -0.117. The van der Waals surface area contributed by atoms with E-state index in [1.54, 1.807) is 36.9 Å². The van der Waals surface area contributed by atoms with E-state index in [0.717, 1.165) is 5.82 Å². The summed E-state index contributed by atoms with van der Waals surface area (Å²) in [7, 11) is 0. The Kier molecular flexibility index (Phi) is 3.40. The molecule has 0 aromatic carbocycles. The maximum atomic E-state index is 11.6. The third-order valence-electron chi connectivity index (χ3n) is 2.23. The Labute approximate surface area is 98.6 Å². The van der Waals surface area contributed by atoms with Crippen LogP contribution >= 0.6 is 0 Å². The normalized spacial score (nSPS) is 12.8. The Bertz CT molecular complexity index is 486. The van der Waals surface area contributed by atoms with Crippen LogP contribution < -0.4 is 5.32 Å². The Balaban J connectivity index is 1.89. The molecule has 1 unspecified atom stereocenters. The van der Waals surface area contributed by atoms with E-state index in [0.29, 0.717) is 5.76 Å². The maximum Gasteiger partial charge on any atom is 0.244 e. The van der Waals surface area contributed by atoms with Gasteiger partial charge in [-0.05, 0) is 25.1 Å². The van der Waals surface area contributed by atoms with Crippen LogP contribution in [0.5, 0.6) is 0 Å². The first-order valence-corrected chi connectivity index (χ1v) is 5.27. The lowest BCUT2D eigenvalue weighted by atomic mass is 10.3. The third-order valence-corrected chi connectivity index (χ3v) is 2.23. The quantitative estimate of drug-likeness (QED) is 0.789. The highest BCUT2D eigenvalue weighted by Crippen LogP contribution is 2.06. The number of carbonyl (C=O) groups is 1. The smallest absolute Gasteiger partial charge is 0.244 e. The number of furan rings is 1. The molecule has 0 radical (unpaired) electrons. The molecule has 2 aromatic heterocycles. The molecule has 0 aliphatic heterocycles. The van der Waals surface area contributed by atoms with Crippen molar-refractivity contribution in [2.75, 3.05) is 0 Å². The van der Waals surface area contributed by atoms with Crippen LogP contribution in [-0.2, 0) is 4.79 Å². The molecule has 2 N–H and O–H groups in total. The van der Waals surface area contributed by atoms with Crippen LogP contribution in [0, 0.1) is 0 Å². The number of nitrogens with one attached hydrogen (secondary N) is 2. The summed E-state index contributed by atoms with van der Waals surface area (Å²) in [6, 6.07) is 3.39. The van der Waals surface area contributed by atoms with E-state index < -0.39 is 0 Å². The fourth-order valence-corrected chi connectivity index (χ4v) is 1.39. The van der Waals surface area contributed by atoms with Crippen LogP contribution in [-0.4, -0.2) is 15.9 Å². The average molecular weight is 231 g/mol. The zero-order chi connectivity index (χ0) is 12.1. The van der Waals surface area contributed by atoms with Crippen molar-refractivity contribution >= 4 is 12.0 Å². The molecule has 0 saturated carbocycles. The number of H-pyrrole nitrogens is 1. The van der Waals surface area contributed by atoms with Crippen molar-refractivity contribution < 1.29 is 9.21 Å². The molecule has 2 heterocycles. The number of amides is 1. The minimum atomic E-state index is -0.190. The summed E-state index contributed by atoms with van der Waals surface area (Å²) in [4.78, 5) is 18.6. The fraction of sp³-hybridized carbons (Fsp3) is 0.167. The molecule has 0 aliphatic carbocycles. The first-order valence-electron chi connectivity index (χ1n) is 5.27. The van der Waals surface area contributed by atoms with E-state index in [2.05, 4.69) is 15.3 Å². The molecule has 0 aliphatic rings. The molecule has 88 valence electrons. The predicted octanol–water partition coefficient (Wildman–Crippen LogP) is 1.89. The van der Waals surface area contributed by atoms with Crippen molar-refractivity contribution in [2.45, 2.75) is 13.0 Å². The summed E-state index contributed by atoms with van der Waals surface area (Å²) in [5, 5.41) is 2.78. The number of hydrogen-bond donors (Lipinski definition) is 2. The minimum Gasteiger partial charge on any atom is -0.465 e. The maximum absolute atomic E-state index is 11.6. The first-order chi connectivity index (χ1) is 8.25. The van der Waals surface area contributed by atoms with Gasteiger partial charge in [0.1, 0.15) is 11.6 Å². The summed E-state index contributed by atoms with van der Waals surface area (Å²) in [5.74, 6) is 1.18. The number of carbonyl (C=O) groups excluding carboxylic acids is 1. The average Bonchev–Trinajstić information content (AvgIpc) is 2.99. The summed E-state index contributed by atoms with van der Waals surface area (Å²) in [5.41, 5.74) is 0. The van der Waals surface area contributed by atoms with Crippen LogP contribution in [0.3, 0.4) is 0 Å².